The van der Waals surface area contributed by atoms with Crippen LogP contribution >= 0.6 is 11.6 Å². The Bertz CT molecular complexity index is 1010. The number of pyridine rings is 1. The maximum absolute atomic E-state index is 13.7. The molecule has 1 aliphatic heterocycles. The Morgan fingerprint density at radius 1 is 1.19 bits per heavy atom. The van der Waals surface area contributed by atoms with E-state index in [-0.39, 0.29) is 15.8 Å². The molecule has 32 heavy (non-hydrogen) atoms. The second kappa shape index (κ2) is 9.70. The van der Waals surface area contributed by atoms with Crippen LogP contribution in [-0.4, -0.2) is 56.2 Å². The van der Waals surface area contributed by atoms with Crippen LogP contribution in [0.1, 0.15) is 46.5 Å². The fraction of sp³-hybridized carbons (Fsp3) is 0.545. The van der Waals surface area contributed by atoms with Gasteiger partial charge in [0.1, 0.15) is 16.3 Å². The summed E-state index contributed by atoms with van der Waals surface area (Å²) in [4.78, 5) is 18.5. The normalized spacial score (nSPS) is 18.0. The van der Waals surface area contributed by atoms with Gasteiger partial charge in [-0.2, -0.15) is 4.98 Å². The van der Waals surface area contributed by atoms with Crippen molar-refractivity contribution in [3.63, 3.8) is 0 Å². The molecular weight excluding hydrogens is 454 g/mol. The fourth-order valence-electron chi connectivity index (χ4n) is 3.71. The lowest BCUT2D eigenvalue weighted by Crippen LogP contribution is -2.50. The first kappa shape index (κ1) is 24.4. The number of carbonyl (C=O) groups excluding carboxylic acids is 1. The van der Waals surface area contributed by atoms with Crippen molar-refractivity contribution >= 4 is 33.5 Å². The van der Waals surface area contributed by atoms with E-state index in [9.17, 15) is 13.2 Å². The second-order valence-corrected chi connectivity index (χ2v) is 10.9. The van der Waals surface area contributed by atoms with Crippen LogP contribution in [0, 0.1) is 0 Å². The Morgan fingerprint density at radius 2 is 1.84 bits per heavy atom. The molecule has 176 valence electrons. The number of methoxy groups -OCH3 is 1. The van der Waals surface area contributed by atoms with E-state index in [4.69, 9.17) is 21.1 Å². The third kappa shape index (κ3) is 5.56. The van der Waals surface area contributed by atoms with Crippen LogP contribution in [0.25, 0.3) is 0 Å². The fourth-order valence-corrected chi connectivity index (χ4v) is 6.01. The number of piperidine rings is 1. The lowest BCUT2D eigenvalue weighted by atomic mass is 10.1. The summed E-state index contributed by atoms with van der Waals surface area (Å²) in [6, 6.07) is 4.60. The van der Waals surface area contributed by atoms with E-state index in [0.29, 0.717) is 44.7 Å². The number of sulfonamides is 1. The molecule has 0 aromatic carbocycles. The number of allylic oxidation sites excluding steroid dienone is 3. The zero-order chi connectivity index (χ0) is 23.5. The summed E-state index contributed by atoms with van der Waals surface area (Å²) < 4.78 is 39.5. The molecule has 10 heteroatoms. The molecule has 1 aromatic heterocycles. The molecule has 3 rings (SSSR count). The van der Waals surface area contributed by atoms with Crippen LogP contribution < -0.4 is 9.04 Å². The first-order chi connectivity index (χ1) is 15.0. The predicted molar refractivity (Wildman–Crippen MR) is 124 cm³/mol. The number of halogens is 1. The van der Waals surface area contributed by atoms with Gasteiger partial charge in [-0.25, -0.2) is 17.5 Å². The third-order valence-electron chi connectivity index (χ3n) is 5.18. The van der Waals surface area contributed by atoms with E-state index in [1.165, 1.54) is 11.4 Å². The van der Waals surface area contributed by atoms with Crippen LogP contribution in [0.15, 0.2) is 40.3 Å². The molecule has 1 saturated heterocycles. The van der Waals surface area contributed by atoms with Crippen LogP contribution in [-0.2, 0) is 14.8 Å². The van der Waals surface area contributed by atoms with Crippen molar-refractivity contribution in [2.24, 2.45) is 0 Å². The van der Waals surface area contributed by atoms with Gasteiger partial charge in [0.15, 0.2) is 0 Å². The van der Waals surface area contributed by atoms with Gasteiger partial charge in [-0.1, -0.05) is 29.8 Å². The minimum atomic E-state index is -3.98. The number of carbonyl (C=O) groups is 1. The van der Waals surface area contributed by atoms with Gasteiger partial charge in [0.2, 0.25) is 5.88 Å². The molecule has 1 fully saturated rings. The number of amides is 1. The minimum Gasteiger partial charge on any atom is -0.481 e. The van der Waals surface area contributed by atoms with Gasteiger partial charge in [0, 0.05) is 19.2 Å². The van der Waals surface area contributed by atoms with E-state index in [0.717, 1.165) is 0 Å². The summed E-state index contributed by atoms with van der Waals surface area (Å²) in [6.45, 7) is 6.19. The molecule has 0 atom stereocenters. The van der Waals surface area contributed by atoms with Crippen molar-refractivity contribution in [2.75, 3.05) is 24.5 Å². The summed E-state index contributed by atoms with van der Waals surface area (Å²) in [5.41, 5.74) is -0.593. The number of hydrogen-bond donors (Lipinski definition) is 0. The average molecular weight is 484 g/mol. The maximum atomic E-state index is 13.7. The average Bonchev–Trinajstić information content (AvgIpc) is 2.73. The summed E-state index contributed by atoms with van der Waals surface area (Å²) in [7, 11) is -2.50. The zero-order valence-electron chi connectivity index (χ0n) is 18.9. The molecule has 0 radical (unpaired) electrons. The Kier molecular flexibility index (Phi) is 7.39. The van der Waals surface area contributed by atoms with E-state index < -0.39 is 27.8 Å². The van der Waals surface area contributed by atoms with Crippen molar-refractivity contribution in [1.29, 1.82) is 0 Å². The van der Waals surface area contributed by atoms with Crippen LogP contribution in [0.3, 0.4) is 0 Å². The quantitative estimate of drug-likeness (QED) is 0.615. The molecule has 0 spiro atoms. The first-order valence-electron chi connectivity index (χ1n) is 10.6. The number of ether oxygens (including phenoxy) is 2. The van der Waals surface area contributed by atoms with Crippen molar-refractivity contribution in [3.8, 4) is 5.88 Å². The van der Waals surface area contributed by atoms with Gasteiger partial charge >= 0.3 is 6.09 Å². The molecule has 2 heterocycles. The number of likely N-dealkylation sites (tertiary alicyclic amines) is 1. The molecular formula is C22H30ClN3O5S. The molecule has 1 aromatic rings. The number of aromatic nitrogens is 1. The summed E-state index contributed by atoms with van der Waals surface area (Å²) >= 11 is 6.29. The van der Waals surface area contributed by atoms with Gasteiger partial charge in [-0.15, -0.1) is 0 Å². The Labute approximate surface area is 194 Å². The third-order valence-corrected chi connectivity index (χ3v) is 7.60. The topological polar surface area (TPSA) is 89.0 Å². The molecule has 0 unspecified atom stereocenters. The lowest BCUT2D eigenvalue weighted by Gasteiger charge is -2.39. The highest BCUT2D eigenvalue weighted by Crippen LogP contribution is 2.35. The Morgan fingerprint density at radius 3 is 2.44 bits per heavy atom. The Hall–Kier alpha value is -2.26. The van der Waals surface area contributed by atoms with E-state index in [1.54, 1.807) is 35.3 Å². The van der Waals surface area contributed by atoms with Crippen molar-refractivity contribution in [2.45, 2.75) is 58.1 Å². The second-order valence-electron chi connectivity index (χ2n) is 8.74. The van der Waals surface area contributed by atoms with E-state index in [2.05, 4.69) is 4.98 Å². The molecule has 1 aliphatic carbocycles. The summed E-state index contributed by atoms with van der Waals surface area (Å²) in [5.74, 6) is 0.573. The summed E-state index contributed by atoms with van der Waals surface area (Å²) in [5, 5.41) is 0.218. The zero-order valence-corrected chi connectivity index (χ0v) is 20.4. The van der Waals surface area contributed by atoms with Crippen LogP contribution in [0.4, 0.5) is 10.6 Å². The van der Waals surface area contributed by atoms with Gasteiger partial charge in [0.25, 0.3) is 10.0 Å². The van der Waals surface area contributed by atoms with Crippen molar-refractivity contribution < 1.29 is 22.7 Å². The van der Waals surface area contributed by atoms with E-state index >= 15 is 0 Å². The van der Waals surface area contributed by atoms with Crippen LogP contribution in [0.5, 0.6) is 5.88 Å². The summed E-state index contributed by atoms with van der Waals surface area (Å²) in [6.07, 6.45) is 5.14. The molecule has 1 amide bonds. The monoisotopic (exact) mass is 483 g/mol. The molecule has 8 nitrogen and oxygen atoms in total. The first-order valence-corrected chi connectivity index (χ1v) is 12.4. The SMILES string of the molecule is COc1cccc(N(C2CCN(C(=O)OC(C)(C)C)CC2)S(=O)(=O)C2=CCCC=C2Cl)n1. The van der Waals surface area contributed by atoms with E-state index in [1.807, 2.05) is 20.8 Å². The Balaban J connectivity index is 1.90. The highest BCUT2D eigenvalue weighted by Gasteiger charge is 2.38. The predicted octanol–water partition coefficient (Wildman–Crippen LogP) is 4.43. The number of hydrogen-bond acceptors (Lipinski definition) is 6. The number of rotatable bonds is 5. The van der Waals surface area contributed by atoms with Crippen LogP contribution in [0.2, 0.25) is 0 Å². The number of nitrogens with zero attached hydrogens (tertiary/aromatic N) is 3. The minimum absolute atomic E-state index is 0.0876. The molecule has 0 N–H and O–H groups in total. The van der Waals surface area contributed by atoms with Crippen molar-refractivity contribution in [3.05, 3.63) is 40.3 Å². The molecule has 0 saturated carbocycles. The lowest BCUT2D eigenvalue weighted by molar-refractivity contribution is 0.0207. The van der Waals surface area contributed by atoms with Gasteiger partial charge < -0.3 is 14.4 Å². The van der Waals surface area contributed by atoms with Gasteiger partial charge in [-0.3, -0.25) is 0 Å². The largest absolute Gasteiger partial charge is 0.481 e. The highest BCUT2D eigenvalue weighted by molar-refractivity contribution is 7.97. The maximum Gasteiger partial charge on any atom is 0.410 e. The smallest absolute Gasteiger partial charge is 0.410 e. The molecule has 2 aliphatic rings. The van der Waals surface area contributed by atoms with Gasteiger partial charge in [-0.05, 0) is 52.5 Å². The van der Waals surface area contributed by atoms with Gasteiger partial charge in [0.05, 0.1) is 18.2 Å². The van der Waals surface area contributed by atoms with Crippen molar-refractivity contribution in [1.82, 2.24) is 9.88 Å². The standard InChI is InChI=1S/C22H30ClN3O5S/c1-22(2,3)31-21(27)25-14-12-16(13-15-25)26(19-10-7-11-20(24-19)30-4)32(28,29)18-9-6-5-8-17(18)23/h7-11,16H,5-6,12-15H2,1-4H3. The number of anilines is 1. The highest BCUT2D eigenvalue weighted by atomic mass is 35.5. The molecule has 0 bridgehead atoms.